The molecule has 0 saturated carbocycles. The van der Waals surface area contributed by atoms with Gasteiger partial charge in [-0.15, -0.1) is 0 Å². The number of carbonyl (C=O) groups excluding carboxylic acids is 1. The van der Waals surface area contributed by atoms with E-state index in [1.807, 2.05) is 12.1 Å². The van der Waals surface area contributed by atoms with Crippen LogP contribution in [-0.4, -0.2) is 18.5 Å². The summed E-state index contributed by atoms with van der Waals surface area (Å²) in [6.07, 6.45) is 1.37. The smallest absolute Gasteiger partial charge is 0.332 e. The van der Waals surface area contributed by atoms with Crippen LogP contribution in [-0.2, 0) is 9.53 Å². The van der Waals surface area contributed by atoms with Gasteiger partial charge in [0, 0.05) is 21.0 Å². The molecule has 7 heteroatoms. The third kappa shape index (κ3) is 3.98. The zero-order chi connectivity index (χ0) is 17.1. The number of hydrogen-bond acceptors (Lipinski definition) is 5. The van der Waals surface area contributed by atoms with Gasteiger partial charge in [0.15, 0.2) is 5.44 Å². The van der Waals surface area contributed by atoms with Crippen molar-refractivity contribution < 1.29 is 14.3 Å². The highest BCUT2D eigenvalue weighted by molar-refractivity contribution is 8.00. The van der Waals surface area contributed by atoms with Crippen molar-refractivity contribution in [3.05, 3.63) is 64.3 Å². The molecule has 1 aliphatic heterocycles. The van der Waals surface area contributed by atoms with Crippen molar-refractivity contribution in [1.82, 2.24) is 0 Å². The second-order valence-corrected chi connectivity index (χ2v) is 6.92. The van der Waals surface area contributed by atoms with Gasteiger partial charge in [0.2, 0.25) is 0 Å². The molecule has 1 N–H and O–H groups in total. The largest absolute Gasteiger partial charge is 0.471 e. The minimum Gasteiger partial charge on any atom is -0.471 e. The van der Waals surface area contributed by atoms with E-state index in [-0.39, 0.29) is 0 Å². The van der Waals surface area contributed by atoms with Crippen LogP contribution < -0.4 is 10.1 Å². The molecule has 4 nitrogen and oxygen atoms in total. The molecule has 3 rings (SSSR count). The lowest BCUT2D eigenvalue weighted by molar-refractivity contribution is -0.134. The van der Waals surface area contributed by atoms with E-state index in [1.54, 1.807) is 30.3 Å². The second kappa shape index (κ2) is 7.38. The van der Waals surface area contributed by atoms with Gasteiger partial charge < -0.3 is 14.8 Å². The van der Waals surface area contributed by atoms with Gasteiger partial charge in [-0.25, -0.2) is 4.79 Å². The van der Waals surface area contributed by atoms with Crippen molar-refractivity contribution in [2.75, 3.05) is 12.4 Å². The molecule has 0 aliphatic carbocycles. The number of hydrogen-bond donors (Lipinski definition) is 1. The topological polar surface area (TPSA) is 47.6 Å². The van der Waals surface area contributed by atoms with Gasteiger partial charge in [0.1, 0.15) is 5.75 Å². The number of thioether (sulfide) groups is 1. The molecule has 124 valence electrons. The SMILES string of the molecule is COC(=O)/C=C1\Nc2cc(Cl)ccc2OC1Sc1ccc(Cl)cc1. The molecule has 1 heterocycles. The Bertz CT molecular complexity index is 793. The summed E-state index contributed by atoms with van der Waals surface area (Å²) in [5, 5.41) is 4.42. The number of halogens is 2. The van der Waals surface area contributed by atoms with Gasteiger partial charge in [-0.2, -0.15) is 0 Å². The van der Waals surface area contributed by atoms with E-state index >= 15 is 0 Å². The molecule has 0 saturated heterocycles. The van der Waals surface area contributed by atoms with Crippen molar-refractivity contribution in [2.45, 2.75) is 10.3 Å². The molecular weight excluding hydrogens is 369 g/mol. The lowest BCUT2D eigenvalue weighted by Gasteiger charge is -2.29. The lowest BCUT2D eigenvalue weighted by Crippen LogP contribution is -2.26. The number of fused-ring (bicyclic) bond motifs is 1. The normalized spacial score (nSPS) is 17.6. The molecule has 24 heavy (non-hydrogen) atoms. The summed E-state index contributed by atoms with van der Waals surface area (Å²) in [5.41, 5.74) is 0.848. The van der Waals surface area contributed by atoms with Crippen LogP contribution in [0.1, 0.15) is 0 Å². The zero-order valence-corrected chi connectivity index (χ0v) is 14.9. The minimum absolute atomic E-state index is 0.432. The van der Waals surface area contributed by atoms with E-state index in [4.69, 9.17) is 32.7 Å². The fourth-order valence-corrected chi connectivity index (χ4v) is 3.35. The molecule has 2 aromatic rings. The number of ether oxygens (including phenoxy) is 2. The van der Waals surface area contributed by atoms with Crippen LogP contribution in [0.2, 0.25) is 10.0 Å². The van der Waals surface area contributed by atoms with Gasteiger partial charge in [-0.3, -0.25) is 0 Å². The summed E-state index contributed by atoms with van der Waals surface area (Å²) >= 11 is 13.4. The summed E-state index contributed by atoms with van der Waals surface area (Å²) in [4.78, 5) is 12.6. The van der Waals surface area contributed by atoms with Crippen molar-refractivity contribution in [1.29, 1.82) is 0 Å². The van der Waals surface area contributed by atoms with E-state index < -0.39 is 11.4 Å². The standard InChI is InChI=1S/C17H13Cl2NO3S/c1-22-16(21)9-14-17(24-12-5-2-10(18)3-6-12)23-15-7-4-11(19)8-13(15)20-14/h2-9,17,20H,1H3/b14-9-. The predicted octanol–water partition coefficient (Wildman–Crippen LogP) is 4.97. The molecule has 0 spiro atoms. The summed E-state index contributed by atoms with van der Waals surface area (Å²) in [5.74, 6) is 0.196. The van der Waals surface area contributed by atoms with E-state index in [2.05, 4.69) is 5.32 Å². The average molecular weight is 382 g/mol. The quantitative estimate of drug-likeness (QED) is 0.600. The first-order valence-corrected chi connectivity index (χ1v) is 8.64. The molecule has 0 amide bonds. The Hall–Kier alpha value is -1.82. The van der Waals surface area contributed by atoms with Crippen LogP contribution in [0, 0.1) is 0 Å². The van der Waals surface area contributed by atoms with Crippen LogP contribution >= 0.6 is 35.0 Å². The number of rotatable bonds is 3. The molecule has 1 unspecified atom stereocenters. The first kappa shape index (κ1) is 17.0. The van der Waals surface area contributed by atoms with Gasteiger partial charge in [-0.1, -0.05) is 35.0 Å². The Labute approximate surface area is 153 Å². The number of methoxy groups -OCH3 is 1. The second-order valence-electron chi connectivity index (χ2n) is 4.91. The third-order valence-electron chi connectivity index (χ3n) is 3.24. The van der Waals surface area contributed by atoms with Crippen molar-refractivity contribution in [2.24, 2.45) is 0 Å². The first-order valence-electron chi connectivity index (χ1n) is 7.00. The van der Waals surface area contributed by atoms with Crippen LogP contribution in [0.4, 0.5) is 5.69 Å². The summed E-state index contributed by atoms with van der Waals surface area (Å²) < 4.78 is 10.7. The van der Waals surface area contributed by atoms with Crippen LogP contribution in [0.25, 0.3) is 0 Å². The fraction of sp³-hybridized carbons (Fsp3) is 0.118. The lowest BCUT2D eigenvalue weighted by atomic mass is 10.2. The van der Waals surface area contributed by atoms with Gasteiger partial charge in [-0.05, 0) is 42.5 Å². The number of carbonyl (C=O) groups is 1. The molecule has 0 radical (unpaired) electrons. The number of nitrogens with one attached hydrogen (secondary N) is 1. The Morgan fingerprint density at radius 2 is 1.92 bits per heavy atom. The fourth-order valence-electron chi connectivity index (χ4n) is 2.11. The van der Waals surface area contributed by atoms with Crippen LogP contribution in [0.3, 0.4) is 0 Å². The van der Waals surface area contributed by atoms with Gasteiger partial charge >= 0.3 is 5.97 Å². The van der Waals surface area contributed by atoms with Gasteiger partial charge in [0.25, 0.3) is 0 Å². The molecule has 2 aromatic carbocycles. The van der Waals surface area contributed by atoms with Crippen molar-refractivity contribution >= 4 is 46.6 Å². The molecular formula is C17H13Cl2NO3S. The summed E-state index contributed by atoms with van der Waals surface area (Å²) in [6.45, 7) is 0. The monoisotopic (exact) mass is 381 g/mol. The highest BCUT2D eigenvalue weighted by Crippen LogP contribution is 2.40. The Morgan fingerprint density at radius 3 is 2.62 bits per heavy atom. The Balaban J connectivity index is 1.91. The Morgan fingerprint density at radius 1 is 1.21 bits per heavy atom. The van der Waals surface area contributed by atoms with Crippen LogP contribution in [0.5, 0.6) is 5.75 Å². The van der Waals surface area contributed by atoms with E-state index in [0.29, 0.717) is 27.2 Å². The van der Waals surface area contributed by atoms with E-state index in [0.717, 1.165) is 4.90 Å². The zero-order valence-electron chi connectivity index (χ0n) is 12.6. The maximum absolute atomic E-state index is 11.7. The van der Waals surface area contributed by atoms with Crippen molar-refractivity contribution in [3.63, 3.8) is 0 Å². The predicted molar refractivity (Wildman–Crippen MR) is 96.9 cm³/mol. The highest BCUT2D eigenvalue weighted by Gasteiger charge is 2.26. The number of benzene rings is 2. The summed E-state index contributed by atoms with van der Waals surface area (Å²) in [7, 11) is 1.33. The Kier molecular flexibility index (Phi) is 5.23. The maximum atomic E-state index is 11.7. The van der Waals surface area contributed by atoms with Gasteiger partial charge in [0.05, 0.1) is 18.5 Å². The summed E-state index contributed by atoms with van der Waals surface area (Å²) in [6, 6.07) is 12.7. The van der Waals surface area contributed by atoms with E-state index in [9.17, 15) is 4.79 Å². The average Bonchev–Trinajstić information content (AvgIpc) is 2.57. The number of esters is 1. The van der Waals surface area contributed by atoms with E-state index in [1.165, 1.54) is 24.9 Å². The molecule has 0 bridgehead atoms. The molecule has 0 fully saturated rings. The third-order valence-corrected chi connectivity index (χ3v) is 4.84. The minimum atomic E-state index is -0.465. The molecule has 0 aromatic heterocycles. The highest BCUT2D eigenvalue weighted by atomic mass is 35.5. The number of anilines is 1. The first-order chi connectivity index (χ1) is 11.5. The molecule has 1 atom stereocenters. The maximum Gasteiger partial charge on any atom is 0.332 e. The van der Waals surface area contributed by atoms with Crippen LogP contribution in [0.15, 0.2) is 59.1 Å². The van der Waals surface area contributed by atoms with Crippen molar-refractivity contribution in [3.8, 4) is 5.75 Å². The molecule has 1 aliphatic rings.